The van der Waals surface area contributed by atoms with Crippen LogP contribution in [0.25, 0.3) is 0 Å². The zero-order valence-electron chi connectivity index (χ0n) is 9.33. The van der Waals surface area contributed by atoms with Crippen molar-refractivity contribution in [1.82, 2.24) is 4.90 Å². The van der Waals surface area contributed by atoms with E-state index in [1.807, 2.05) is 0 Å². The quantitative estimate of drug-likeness (QED) is 0.536. The van der Waals surface area contributed by atoms with Gasteiger partial charge in [-0.2, -0.15) is 0 Å². The molecule has 0 radical (unpaired) electrons. The topological polar surface area (TPSA) is 32.7 Å². The first-order chi connectivity index (χ1) is 7.36. The third-order valence-corrected chi connectivity index (χ3v) is 3.10. The van der Waals surface area contributed by atoms with Gasteiger partial charge in [0.05, 0.1) is 19.3 Å². The van der Waals surface area contributed by atoms with Gasteiger partial charge in [-0.25, -0.2) is 0 Å². The molecule has 0 bridgehead atoms. The number of rotatable bonds is 7. The lowest BCUT2D eigenvalue weighted by Crippen LogP contribution is -2.37. The second-order valence-electron chi connectivity index (χ2n) is 4.03. The number of aliphatic hydroxyl groups is 1. The highest BCUT2D eigenvalue weighted by molar-refractivity contribution is 6.17. The van der Waals surface area contributed by atoms with Crippen molar-refractivity contribution in [3.63, 3.8) is 0 Å². The highest BCUT2D eigenvalue weighted by Crippen LogP contribution is 2.14. The summed E-state index contributed by atoms with van der Waals surface area (Å²) in [6.07, 6.45) is 4.87. The van der Waals surface area contributed by atoms with Crippen LogP contribution in [0.2, 0.25) is 0 Å². The zero-order valence-corrected chi connectivity index (χ0v) is 10.1. The van der Waals surface area contributed by atoms with Crippen molar-refractivity contribution < 1.29 is 9.84 Å². The number of aliphatic hydroxyl groups excluding tert-OH is 1. The summed E-state index contributed by atoms with van der Waals surface area (Å²) in [4.78, 5) is 2.48. The lowest BCUT2D eigenvalue weighted by molar-refractivity contribution is -0.00781. The van der Waals surface area contributed by atoms with Crippen LogP contribution in [0.5, 0.6) is 0 Å². The molecule has 1 rings (SSSR count). The molecular formula is C11H22ClNO2. The summed E-state index contributed by atoms with van der Waals surface area (Å²) in [6.45, 7) is 4.03. The average Bonchev–Trinajstić information content (AvgIpc) is 2.28. The molecular weight excluding hydrogens is 214 g/mol. The first-order valence-electron chi connectivity index (χ1n) is 5.87. The molecule has 0 spiro atoms. The fourth-order valence-corrected chi connectivity index (χ4v) is 2.14. The van der Waals surface area contributed by atoms with Crippen LogP contribution in [0.4, 0.5) is 0 Å². The third kappa shape index (κ3) is 5.71. The van der Waals surface area contributed by atoms with Crippen LogP contribution < -0.4 is 0 Å². The molecule has 0 atom stereocenters. The molecule has 0 amide bonds. The van der Waals surface area contributed by atoms with Crippen molar-refractivity contribution in [2.24, 2.45) is 0 Å². The van der Waals surface area contributed by atoms with Crippen LogP contribution >= 0.6 is 11.6 Å². The van der Waals surface area contributed by atoms with Gasteiger partial charge in [0.2, 0.25) is 0 Å². The van der Waals surface area contributed by atoms with Crippen molar-refractivity contribution in [2.45, 2.75) is 31.8 Å². The predicted molar refractivity (Wildman–Crippen MR) is 62.5 cm³/mol. The Morgan fingerprint density at radius 3 is 2.60 bits per heavy atom. The number of unbranched alkanes of at least 4 members (excludes halogenated alkanes) is 1. The number of nitrogens with zero attached hydrogens (tertiary/aromatic N) is 1. The summed E-state index contributed by atoms with van der Waals surface area (Å²) >= 11 is 5.64. The van der Waals surface area contributed by atoms with Crippen LogP contribution in [-0.4, -0.2) is 54.8 Å². The molecule has 1 fully saturated rings. The van der Waals surface area contributed by atoms with Crippen molar-refractivity contribution in [1.29, 1.82) is 0 Å². The molecule has 0 saturated carbocycles. The Kier molecular flexibility index (Phi) is 7.36. The van der Waals surface area contributed by atoms with E-state index in [2.05, 4.69) is 4.90 Å². The van der Waals surface area contributed by atoms with Gasteiger partial charge < -0.3 is 14.7 Å². The van der Waals surface area contributed by atoms with E-state index in [-0.39, 0.29) is 6.61 Å². The first-order valence-corrected chi connectivity index (χ1v) is 6.41. The largest absolute Gasteiger partial charge is 0.394 e. The van der Waals surface area contributed by atoms with E-state index >= 15 is 0 Å². The number of hydrogen-bond donors (Lipinski definition) is 1. The maximum absolute atomic E-state index is 8.64. The van der Waals surface area contributed by atoms with E-state index in [0.29, 0.717) is 12.7 Å². The average molecular weight is 236 g/mol. The van der Waals surface area contributed by atoms with Gasteiger partial charge in [-0.05, 0) is 32.2 Å². The molecule has 90 valence electrons. The van der Waals surface area contributed by atoms with Crippen LogP contribution in [-0.2, 0) is 4.74 Å². The summed E-state index contributed by atoms with van der Waals surface area (Å²) in [6, 6.07) is 0. The standard InChI is InChI=1S/C11H22ClNO2/c12-5-1-2-6-13-7-3-11(4-8-13)15-10-9-14/h11,14H,1-10H2. The van der Waals surface area contributed by atoms with Crippen molar-refractivity contribution in [2.75, 3.05) is 38.7 Å². The molecule has 1 heterocycles. The number of likely N-dealkylation sites (tertiary alicyclic amines) is 1. The minimum Gasteiger partial charge on any atom is -0.394 e. The fraction of sp³-hybridized carbons (Fsp3) is 1.00. The Bertz CT molecular complexity index is 150. The Morgan fingerprint density at radius 2 is 2.00 bits per heavy atom. The van der Waals surface area contributed by atoms with Crippen molar-refractivity contribution >= 4 is 11.6 Å². The van der Waals surface area contributed by atoms with Crippen LogP contribution in [0.1, 0.15) is 25.7 Å². The molecule has 0 aromatic heterocycles. The molecule has 0 unspecified atom stereocenters. The number of ether oxygens (including phenoxy) is 1. The number of halogens is 1. The summed E-state index contributed by atoms with van der Waals surface area (Å²) in [5.41, 5.74) is 0. The highest BCUT2D eigenvalue weighted by atomic mass is 35.5. The van der Waals surface area contributed by atoms with Gasteiger partial charge in [-0.3, -0.25) is 0 Å². The lowest BCUT2D eigenvalue weighted by atomic mass is 10.1. The molecule has 1 N–H and O–H groups in total. The maximum Gasteiger partial charge on any atom is 0.0701 e. The lowest BCUT2D eigenvalue weighted by Gasteiger charge is -2.31. The molecule has 1 saturated heterocycles. The van der Waals surface area contributed by atoms with Gasteiger partial charge in [-0.15, -0.1) is 11.6 Å². The molecule has 4 heteroatoms. The van der Waals surface area contributed by atoms with Gasteiger partial charge in [0.15, 0.2) is 0 Å². The molecule has 15 heavy (non-hydrogen) atoms. The molecule has 1 aliphatic rings. The SMILES string of the molecule is OCCOC1CCN(CCCCCl)CC1. The second kappa shape index (κ2) is 8.34. The molecule has 3 nitrogen and oxygen atoms in total. The van der Waals surface area contributed by atoms with E-state index < -0.39 is 0 Å². The Balaban J connectivity index is 2.02. The van der Waals surface area contributed by atoms with Gasteiger partial charge in [-0.1, -0.05) is 0 Å². The predicted octanol–water partition coefficient (Wildman–Crippen LogP) is 1.48. The Hall–Kier alpha value is 0.170. The smallest absolute Gasteiger partial charge is 0.0701 e. The van der Waals surface area contributed by atoms with Crippen LogP contribution in [0.3, 0.4) is 0 Å². The monoisotopic (exact) mass is 235 g/mol. The van der Waals surface area contributed by atoms with Crippen LogP contribution in [0, 0.1) is 0 Å². The zero-order chi connectivity index (χ0) is 10.9. The minimum atomic E-state index is 0.135. The number of piperidine rings is 1. The Morgan fingerprint density at radius 1 is 1.27 bits per heavy atom. The van der Waals surface area contributed by atoms with Crippen LogP contribution in [0.15, 0.2) is 0 Å². The van der Waals surface area contributed by atoms with Crippen molar-refractivity contribution in [3.8, 4) is 0 Å². The number of alkyl halides is 1. The maximum atomic E-state index is 8.64. The number of hydrogen-bond acceptors (Lipinski definition) is 3. The molecule has 0 aromatic carbocycles. The van der Waals surface area contributed by atoms with Gasteiger partial charge in [0.1, 0.15) is 0 Å². The van der Waals surface area contributed by atoms with Gasteiger partial charge in [0, 0.05) is 19.0 Å². The van der Waals surface area contributed by atoms with E-state index in [1.165, 1.54) is 13.0 Å². The molecule has 0 aliphatic carbocycles. The fourth-order valence-electron chi connectivity index (χ4n) is 1.95. The molecule has 0 aromatic rings. The van der Waals surface area contributed by atoms with Gasteiger partial charge in [0.25, 0.3) is 0 Å². The summed E-state index contributed by atoms with van der Waals surface area (Å²) in [7, 11) is 0. The normalized spacial score (nSPS) is 19.6. The van der Waals surface area contributed by atoms with E-state index in [0.717, 1.165) is 38.2 Å². The second-order valence-corrected chi connectivity index (χ2v) is 4.41. The van der Waals surface area contributed by atoms with E-state index in [1.54, 1.807) is 0 Å². The highest BCUT2D eigenvalue weighted by Gasteiger charge is 2.18. The summed E-state index contributed by atoms with van der Waals surface area (Å²) in [5, 5.41) is 8.64. The minimum absolute atomic E-state index is 0.135. The first kappa shape index (κ1) is 13.2. The van der Waals surface area contributed by atoms with E-state index in [4.69, 9.17) is 21.4 Å². The van der Waals surface area contributed by atoms with Gasteiger partial charge >= 0.3 is 0 Å². The summed E-state index contributed by atoms with van der Waals surface area (Å²) in [5.74, 6) is 0.774. The summed E-state index contributed by atoms with van der Waals surface area (Å²) < 4.78 is 5.51. The van der Waals surface area contributed by atoms with E-state index in [9.17, 15) is 0 Å². The Labute approximate surface area is 97.4 Å². The molecule has 1 aliphatic heterocycles. The van der Waals surface area contributed by atoms with Crippen molar-refractivity contribution in [3.05, 3.63) is 0 Å². The third-order valence-electron chi connectivity index (χ3n) is 2.84.